The summed E-state index contributed by atoms with van der Waals surface area (Å²) >= 11 is 0. The third-order valence-electron chi connectivity index (χ3n) is 11.1. The van der Waals surface area contributed by atoms with Crippen molar-refractivity contribution in [3.05, 3.63) is 188 Å². The number of rotatable bonds is 4. The average molecular weight is 672 g/mol. The average Bonchev–Trinajstić information content (AvgIpc) is 3.57. The van der Waals surface area contributed by atoms with Gasteiger partial charge in [0.15, 0.2) is 5.69 Å². The molecule has 0 bridgehead atoms. The van der Waals surface area contributed by atoms with E-state index in [4.69, 9.17) is 6.57 Å². The van der Waals surface area contributed by atoms with Crippen LogP contribution in [0.4, 0.5) is 5.69 Å². The van der Waals surface area contributed by atoms with Gasteiger partial charge in [-0.25, -0.2) is 4.85 Å². The highest BCUT2D eigenvalue weighted by Crippen LogP contribution is 2.47. The lowest BCUT2D eigenvalue weighted by molar-refractivity contribution is 1.14. The second-order valence-corrected chi connectivity index (χ2v) is 13.8. The molecule has 0 aliphatic rings. The van der Waals surface area contributed by atoms with Gasteiger partial charge < -0.3 is 4.57 Å². The van der Waals surface area contributed by atoms with Crippen molar-refractivity contribution in [1.82, 2.24) is 9.55 Å². The van der Waals surface area contributed by atoms with Crippen molar-refractivity contribution in [1.29, 1.82) is 0 Å². The van der Waals surface area contributed by atoms with Gasteiger partial charge in [0.1, 0.15) is 0 Å². The van der Waals surface area contributed by atoms with Gasteiger partial charge in [-0.2, -0.15) is 0 Å². The number of fused-ring (bicyclic) bond motifs is 3. The number of hydrogen-bond donors (Lipinski definition) is 0. The number of aromatic nitrogens is 2. The molecule has 0 unspecified atom stereocenters. The lowest BCUT2D eigenvalue weighted by atomic mass is 9.84. The van der Waals surface area contributed by atoms with Gasteiger partial charge in [-0.1, -0.05) is 140 Å². The Morgan fingerprint density at radius 2 is 1.04 bits per heavy atom. The minimum atomic E-state index is 0.672. The van der Waals surface area contributed by atoms with Crippen molar-refractivity contribution < 1.29 is 0 Å². The summed E-state index contributed by atoms with van der Waals surface area (Å²) in [6.07, 6.45) is 3.71. The molecular weight excluding hydrogens is 643 g/mol. The lowest BCUT2D eigenvalue weighted by Crippen LogP contribution is -1.94. The van der Waals surface area contributed by atoms with Crippen LogP contribution < -0.4 is 0 Å². The zero-order valence-electron chi connectivity index (χ0n) is 28.6. The van der Waals surface area contributed by atoms with Crippen molar-refractivity contribution in [2.45, 2.75) is 0 Å². The Morgan fingerprint density at radius 3 is 1.74 bits per heavy atom. The van der Waals surface area contributed by atoms with Gasteiger partial charge >= 0.3 is 0 Å². The van der Waals surface area contributed by atoms with Crippen LogP contribution in [0.2, 0.25) is 0 Å². The Hall–Kier alpha value is -7.28. The second kappa shape index (κ2) is 11.4. The highest BCUT2D eigenvalue weighted by molar-refractivity contribution is 6.29. The number of nitrogens with zero attached hydrogens (tertiary/aromatic N) is 3. The molecule has 0 aliphatic heterocycles. The topological polar surface area (TPSA) is 22.2 Å². The maximum atomic E-state index is 7.89. The van der Waals surface area contributed by atoms with Crippen LogP contribution in [0.5, 0.6) is 0 Å². The monoisotopic (exact) mass is 671 g/mol. The maximum absolute atomic E-state index is 7.89. The molecule has 2 aromatic heterocycles. The summed E-state index contributed by atoms with van der Waals surface area (Å²) in [7, 11) is 0. The minimum Gasteiger partial charge on any atom is -0.308 e. The highest BCUT2D eigenvalue weighted by Gasteiger charge is 2.21. The van der Waals surface area contributed by atoms with E-state index in [1.807, 2.05) is 18.3 Å². The first-order chi connectivity index (χ1) is 26.3. The molecule has 3 nitrogen and oxygen atoms in total. The molecule has 53 heavy (non-hydrogen) atoms. The predicted octanol–water partition coefficient (Wildman–Crippen LogP) is 13.8. The standard InChI is InChI=1S/C50H29N3/c1-51-44-26-28-46-50-43(44)24-23-42-36(25-27-45(49(42)50)53(46)34-12-9-29-52-30-34)32-19-21-33(22-20-32)47-38-14-4-6-16-40(38)48(41-17-7-5-15-39(41)47)37-18-8-11-31-10-2-3-13-35(31)37/h2-30H. The zero-order chi connectivity index (χ0) is 35.0. The highest BCUT2D eigenvalue weighted by atomic mass is 15.0. The molecule has 3 heteroatoms. The first-order valence-corrected chi connectivity index (χ1v) is 17.9. The number of hydrogen-bond acceptors (Lipinski definition) is 1. The Balaban J connectivity index is 1.12. The summed E-state index contributed by atoms with van der Waals surface area (Å²) in [6, 6.07) is 59.0. The van der Waals surface area contributed by atoms with Gasteiger partial charge in [-0.3, -0.25) is 4.98 Å². The Morgan fingerprint density at radius 1 is 0.434 bits per heavy atom. The third kappa shape index (κ3) is 4.24. The van der Waals surface area contributed by atoms with Gasteiger partial charge in [-0.05, 0) is 101 Å². The molecule has 0 spiro atoms. The van der Waals surface area contributed by atoms with E-state index in [9.17, 15) is 0 Å². The van der Waals surface area contributed by atoms with E-state index in [0.29, 0.717) is 5.69 Å². The van der Waals surface area contributed by atoms with Crippen LogP contribution in [0.15, 0.2) is 176 Å². The lowest BCUT2D eigenvalue weighted by Gasteiger charge is -2.19. The molecule has 0 radical (unpaired) electrons. The van der Waals surface area contributed by atoms with E-state index >= 15 is 0 Å². The van der Waals surface area contributed by atoms with Crippen molar-refractivity contribution >= 4 is 70.6 Å². The van der Waals surface area contributed by atoms with Crippen molar-refractivity contribution in [2.24, 2.45) is 0 Å². The van der Waals surface area contributed by atoms with E-state index in [2.05, 4.69) is 166 Å². The summed E-state index contributed by atoms with van der Waals surface area (Å²) in [5.74, 6) is 0. The number of benzene rings is 9. The van der Waals surface area contributed by atoms with E-state index in [1.165, 1.54) is 70.9 Å². The van der Waals surface area contributed by atoms with Crippen molar-refractivity contribution in [2.75, 3.05) is 0 Å². The SMILES string of the molecule is [C-]#[N+]c1ccc2c3c1ccc1c(-c4ccc(-c5c6ccccc6c(-c6cccc7ccccc67)c6ccccc56)cc4)ccc(c13)n2-c1cccnc1. The van der Waals surface area contributed by atoms with E-state index in [-0.39, 0.29) is 0 Å². The summed E-state index contributed by atoms with van der Waals surface area (Å²) in [6.45, 7) is 7.89. The van der Waals surface area contributed by atoms with Crippen LogP contribution in [0, 0.1) is 6.57 Å². The molecule has 0 saturated heterocycles. The minimum absolute atomic E-state index is 0.672. The van der Waals surface area contributed by atoms with Gasteiger partial charge in [0.05, 0.1) is 29.5 Å². The summed E-state index contributed by atoms with van der Waals surface area (Å²) in [5, 5.41) is 12.0. The fourth-order valence-corrected chi connectivity index (χ4v) is 8.84. The van der Waals surface area contributed by atoms with Gasteiger partial charge in [0, 0.05) is 17.0 Å². The van der Waals surface area contributed by atoms with Gasteiger partial charge in [0.25, 0.3) is 0 Å². The van der Waals surface area contributed by atoms with Crippen LogP contribution in [0.25, 0.3) is 109 Å². The maximum Gasteiger partial charge on any atom is 0.195 e. The molecular formula is C50H29N3. The molecule has 11 aromatic rings. The summed E-state index contributed by atoms with van der Waals surface area (Å²) in [5.41, 5.74) is 11.2. The smallest absolute Gasteiger partial charge is 0.195 e. The predicted molar refractivity (Wildman–Crippen MR) is 222 cm³/mol. The van der Waals surface area contributed by atoms with Crippen molar-refractivity contribution in [3.63, 3.8) is 0 Å². The van der Waals surface area contributed by atoms with Crippen LogP contribution >= 0.6 is 0 Å². The molecule has 0 N–H and O–H groups in total. The second-order valence-electron chi connectivity index (χ2n) is 13.8. The fourth-order valence-electron chi connectivity index (χ4n) is 8.84. The van der Waals surface area contributed by atoms with Crippen LogP contribution in [0.3, 0.4) is 0 Å². The molecule has 0 fully saturated rings. The first kappa shape index (κ1) is 29.5. The van der Waals surface area contributed by atoms with E-state index in [1.54, 1.807) is 6.20 Å². The molecule has 0 amide bonds. The molecule has 2 heterocycles. The molecule has 0 saturated carbocycles. The largest absolute Gasteiger partial charge is 0.308 e. The zero-order valence-corrected chi connectivity index (χ0v) is 28.6. The Kier molecular flexibility index (Phi) is 6.32. The summed E-state index contributed by atoms with van der Waals surface area (Å²) in [4.78, 5) is 8.32. The van der Waals surface area contributed by atoms with Crippen LogP contribution in [-0.4, -0.2) is 9.55 Å². The third-order valence-corrected chi connectivity index (χ3v) is 11.1. The van der Waals surface area contributed by atoms with Crippen LogP contribution in [-0.2, 0) is 0 Å². The molecule has 0 aliphatic carbocycles. The summed E-state index contributed by atoms with van der Waals surface area (Å²) < 4.78 is 2.27. The first-order valence-electron chi connectivity index (χ1n) is 17.9. The normalized spacial score (nSPS) is 11.8. The van der Waals surface area contributed by atoms with Gasteiger partial charge in [-0.15, -0.1) is 0 Å². The van der Waals surface area contributed by atoms with Crippen LogP contribution in [0.1, 0.15) is 0 Å². The van der Waals surface area contributed by atoms with E-state index in [0.717, 1.165) is 33.1 Å². The van der Waals surface area contributed by atoms with E-state index < -0.39 is 0 Å². The van der Waals surface area contributed by atoms with Crippen molar-refractivity contribution in [3.8, 4) is 39.1 Å². The molecule has 244 valence electrons. The molecule has 0 atom stereocenters. The number of pyridine rings is 1. The Bertz CT molecular complexity index is 3210. The fraction of sp³-hybridized carbons (Fsp3) is 0. The molecule has 11 rings (SSSR count). The quantitative estimate of drug-likeness (QED) is 0.104. The molecule has 9 aromatic carbocycles. The van der Waals surface area contributed by atoms with Gasteiger partial charge in [0.2, 0.25) is 0 Å². The Labute approximate surface area is 305 Å².